The maximum Gasteiger partial charge on any atom is 0.134 e. The third kappa shape index (κ3) is 1.14. The first-order chi connectivity index (χ1) is 5.90. The van der Waals surface area contributed by atoms with Crippen LogP contribution in [0.5, 0.6) is 0 Å². The summed E-state index contributed by atoms with van der Waals surface area (Å²) in [5, 5.41) is 1.04. The Morgan fingerprint density at radius 3 is 3.25 bits per heavy atom. The molecule has 1 heterocycles. The number of fused-ring (bicyclic) bond motifs is 1. The molecule has 0 aliphatic carbocycles. The van der Waals surface area contributed by atoms with Crippen LogP contribution in [0.3, 0.4) is 0 Å². The second-order valence-electron chi connectivity index (χ2n) is 2.65. The molecule has 0 fully saturated rings. The molecule has 2 rings (SSSR count). The van der Waals surface area contributed by atoms with Crippen molar-refractivity contribution in [1.29, 1.82) is 0 Å². The summed E-state index contributed by atoms with van der Waals surface area (Å²) in [6, 6.07) is 10.8. The maximum absolute atomic E-state index is 5.51. The zero-order chi connectivity index (χ0) is 8.39. The van der Waals surface area contributed by atoms with Crippen LogP contribution >= 0.6 is 0 Å². The summed E-state index contributed by atoms with van der Waals surface area (Å²) in [4.78, 5) is 0. The lowest BCUT2D eigenvalue weighted by molar-refractivity contribution is 0.565. The smallest absolute Gasteiger partial charge is 0.134 e. The molecular formula is C11H9O. The molecule has 0 bridgehead atoms. The van der Waals surface area contributed by atoms with Crippen LogP contribution in [0.25, 0.3) is 11.0 Å². The van der Waals surface area contributed by atoms with Gasteiger partial charge in [0.2, 0.25) is 0 Å². The van der Waals surface area contributed by atoms with Crippen LogP contribution in [-0.2, 0) is 6.42 Å². The van der Waals surface area contributed by atoms with Gasteiger partial charge in [-0.2, -0.15) is 0 Å². The summed E-state index contributed by atoms with van der Waals surface area (Å²) in [7, 11) is 0. The van der Waals surface area contributed by atoms with Crippen LogP contribution in [0, 0.1) is 6.07 Å². The molecule has 0 spiro atoms. The Morgan fingerprint density at radius 2 is 2.50 bits per heavy atom. The van der Waals surface area contributed by atoms with Gasteiger partial charge in [-0.1, -0.05) is 18.2 Å². The Kier molecular flexibility index (Phi) is 1.71. The molecule has 0 unspecified atom stereocenters. The van der Waals surface area contributed by atoms with E-state index in [0.717, 1.165) is 23.2 Å². The number of furan rings is 1. The highest BCUT2D eigenvalue weighted by Gasteiger charge is 1.99. The van der Waals surface area contributed by atoms with E-state index >= 15 is 0 Å². The fourth-order valence-corrected chi connectivity index (χ4v) is 1.21. The molecule has 0 saturated carbocycles. The van der Waals surface area contributed by atoms with Gasteiger partial charge in [0.25, 0.3) is 0 Å². The largest absolute Gasteiger partial charge is 0.461 e. The molecule has 1 heteroatoms. The van der Waals surface area contributed by atoms with Crippen molar-refractivity contribution in [1.82, 2.24) is 0 Å². The monoisotopic (exact) mass is 157 g/mol. The first-order valence-corrected chi connectivity index (χ1v) is 3.90. The number of hydrogen-bond acceptors (Lipinski definition) is 1. The molecule has 1 radical (unpaired) electrons. The molecule has 0 aliphatic rings. The van der Waals surface area contributed by atoms with Gasteiger partial charge < -0.3 is 4.42 Å². The highest BCUT2D eigenvalue weighted by atomic mass is 16.3. The summed E-state index contributed by atoms with van der Waals surface area (Å²) in [6.07, 6.45) is 2.61. The summed E-state index contributed by atoms with van der Waals surface area (Å²) in [5.41, 5.74) is 0.898. The standard InChI is InChI=1S/C11H9O/c1-2-5-10-8-9-6-3-4-7-11(9)12-10/h2-4,7-8H,1,5H2. The molecular weight excluding hydrogens is 148 g/mol. The Balaban J connectivity index is 2.54. The molecule has 0 atom stereocenters. The molecule has 0 amide bonds. The minimum absolute atomic E-state index is 0.780. The average molecular weight is 157 g/mol. The lowest BCUT2D eigenvalue weighted by Crippen LogP contribution is -1.70. The molecule has 1 aromatic heterocycles. The minimum atomic E-state index is 0.780. The Bertz CT molecular complexity index is 365. The van der Waals surface area contributed by atoms with Crippen LogP contribution in [-0.4, -0.2) is 0 Å². The SMILES string of the molecule is C=CCc1cc2[c]cccc2o1. The van der Waals surface area contributed by atoms with Gasteiger partial charge in [-0.15, -0.1) is 6.58 Å². The van der Waals surface area contributed by atoms with E-state index in [2.05, 4.69) is 12.6 Å². The zero-order valence-corrected chi connectivity index (χ0v) is 6.71. The summed E-state index contributed by atoms with van der Waals surface area (Å²) >= 11 is 0. The van der Waals surface area contributed by atoms with E-state index in [-0.39, 0.29) is 0 Å². The quantitative estimate of drug-likeness (QED) is 0.611. The van der Waals surface area contributed by atoms with Gasteiger partial charge >= 0.3 is 0 Å². The second kappa shape index (κ2) is 2.86. The van der Waals surface area contributed by atoms with Crippen molar-refractivity contribution in [3.05, 3.63) is 48.7 Å². The van der Waals surface area contributed by atoms with Gasteiger partial charge in [0.1, 0.15) is 11.3 Å². The molecule has 1 nitrogen and oxygen atoms in total. The van der Waals surface area contributed by atoms with Crippen LogP contribution in [0.4, 0.5) is 0 Å². The Hall–Kier alpha value is -1.50. The van der Waals surface area contributed by atoms with Crippen molar-refractivity contribution in [2.24, 2.45) is 0 Å². The molecule has 0 aliphatic heterocycles. The van der Waals surface area contributed by atoms with Crippen molar-refractivity contribution in [2.45, 2.75) is 6.42 Å². The van der Waals surface area contributed by atoms with Crippen molar-refractivity contribution in [3.63, 3.8) is 0 Å². The number of allylic oxidation sites excluding steroid dienone is 1. The van der Waals surface area contributed by atoms with Crippen molar-refractivity contribution < 1.29 is 4.42 Å². The topological polar surface area (TPSA) is 13.1 Å². The fourth-order valence-electron chi connectivity index (χ4n) is 1.21. The van der Waals surface area contributed by atoms with Crippen LogP contribution < -0.4 is 0 Å². The third-order valence-corrected chi connectivity index (χ3v) is 1.74. The van der Waals surface area contributed by atoms with Crippen LogP contribution in [0.2, 0.25) is 0 Å². The zero-order valence-electron chi connectivity index (χ0n) is 6.71. The lowest BCUT2D eigenvalue weighted by Gasteiger charge is -1.84. The molecule has 12 heavy (non-hydrogen) atoms. The van der Waals surface area contributed by atoms with Crippen LogP contribution in [0.15, 0.2) is 41.3 Å². The predicted octanol–water partition coefficient (Wildman–Crippen LogP) is 2.96. The number of benzene rings is 1. The molecule has 59 valence electrons. The molecule has 2 aromatic rings. The second-order valence-corrected chi connectivity index (χ2v) is 2.65. The predicted molar refractivity (Wildman–Crippen MR) is 49.0 cm³/mol. The highest BCUT2D eigenvalue weighted by molar-refractivity contribution is 5.76. The van der Waals surface area contributed by atoms with Gasteiger partial charge in [0.05, 0.1) is 0 Å². The molecule has 1 aromatic carbocycles. The third-order valence-electron chi connectivity index (χ3n) is 1.74. The van der Waals surface area contributed by atoms with E-state index in [1.54, 1.807) is 0 Å². The van der Waals surface area contributed by atoms with Gasteiger partial charge in [0.15, 0.2) is 0 Å². The van der Waals surface area contributed by atoms with E-state index in [4.69, 9.17) is 4.42 Å². The van der Waals surface area contributed by atoms with E-state index in [1.165, 1.54) is 0 Å². The highest BCUT2D eigenvalue weighted by Crippen LogP contribution is 2.18. The van der Waals surface area contributed by atoms with Crippen molar-refractivity contribution in [2.75, 3.05) is 0 Å². The first kappa shape index (κ1) is 7.17. The van der Waals surface area contributed by atoms with Crippen molar-refractivity contribution >= 4 is 11.0 Å². The van der Waals surface area contributed by atoms with Gasteiger partial charge in [0, 0.05) is 11.8 Å². The number of hydrogen-bond donors (Lipinski definition) is 0. The minimum Gasteiger partial charge on any atom is -0.461 e. The Morgan fingerprint density at radius 1 is 1.58 bits per heavy atom. The van der Waals surface area contributed by atoms with Crippen LogP contribution in [0.1, 0.15) is 5.76 Å². The first-order valence-electron chi connectivity index (χ1n) is 3.90. The van der Waals surface area contributed by atoms with E-state index in [9.17, 15) is 0 Å². The molecule has 0 N–H and O–H groups in total. The summed E-state index contributed by atoms with van der Waals surface area (Å²) < 4.78 is 5.51. The summed E-state index contributed by atoms with van der Waals surface area (Å²) in [5.74, 6) is 0.947. The lowest BCUT2D eigenvalue weighted by atomic mass is 10.2. The average Bonchev–Trinajstić information content (AvgIpc) is 2.47. The van der Waals surface area contributed by atoms with E-state index in [1.807, 2.05) is 30.3 Å². The van der Waals surface area contributed by atoms with Gasteiger partial charge in [-0.3, -0.25) is 0 Å². The summed E-state index contributed by atoms with van der Waals surface area (Å²) in [6.45, 7) is 3.66. The van der Waals surface area contributed by atoms with Gasteiger partial charge in [-0.25, -0.2) is 0 Å². The molecule has 0 saturated heterocycles. The maximum atomic E-state index is 5.51. The van der Waals surface area contributed by atoms with Gasteiger partial charge in [-0.05, 0) is 18.2 Å². The van der Waals surface area contributed by atoms with E-state index in [0.29, 0.717) is 0 Å². The normalized spacial score (nSPS) is 10.3. The fraction of sp³-hybridized carbons (Fsp3) is 0.0909. The Labute approximate surface area is 71.3 Å². The number of rotatable bonds is 2. The van der Waals surface area contributed by atoms with E-state index < -0.39 is 0 Å². The van der Waals surface area contributed by atoms with Crippen molar-refractivity contribution in [3.8, 4) is 0 Å².